The van der Waals surface area contributed by atoms with Crippen LogP contribution in [0.5, 0.6) is 5.75 Å². The van der Waals surface area contributed by atoms with Crippen molar-refractivity contribution in [1.29, 1.82) is 0 Å². The Hall–Kier alpha value is -3.54. The predicted molar refractivity (Wildman–Crippen MR) is 139 cm³/mol. The van der Waals surface area contributed by atoms with E-state index >= 15 is 0 Å². The van der Waals surface area contributed by atoms with Gasteiger partial charge in [0, 0.05) is 12.0 Å². The minimum atomic E-state index is -1.01. The molecule has 0 amide bonds. The Labute approximate surface area is 208 Å². The van der Waals surface area contributed by atoms with Gasteiger partial charge in [0.2, 0.25) is 0 Å². The highest BCUT2D eigenvalue weighted by Gasteiger charge is 2.21. The van der Waals surface area contributed by atoms with E-state index in [1.807, 2.05) is 61.5 Å². The number of halogens is 2. The summed E-state index contributed by atoms with van der Waals surface area (Å²) in [6.07, 6.45) is 4.07. The molecule has 34 heavy (non-hydrogen) atoms. The van der Waals surface area contributed by atoms with Crippen LogP contribution >= 0.6 is 23.2 Å². The molecule has 172 valence electrons. The van der Waals surface area contributed by atoms with E-state index in [0.29, 0.717) is 27.7 Å². The molecule has 0 radical (unpaired) electrons. The van der Waals surface area contributed by atoms with Crippen LogP contribution in [0.2, 0.25) is 10.0 Å². The molecule has 1 N–H and O–H groups in total. The maximum Gasteiger partial charge on any atom is 0.336 e. The Morgan fingerprint density at radius 1 is 1.06 bits per heavy atom. The number of ether oxygens (including phenoxy) is 1. The number of aliphatic carboxylic acids is 1. The van der Waals surface area contributed by atoms with Crippen LogP contribution in [0.4, 0.5) is 5.69 Å². The molecule has 0 saturated heterocycles. The molecule has 4 rings (SSSR count). The monoisotopic (exact) mass is 492 g/mol. The van der Waals surface area contributed by atoms with Gasteiger partial charge in [-0.25, -0.2) is 9.80 Å². The van der Waals surface area contributed by atoms with Crippen molar-refractivity contribution < 1.29 is 14.6 Å². The zero-order valence-electron chi connectivity index (χ0n) is 18.6. The number of allylic oxidation sites excluding steroid dienone is 2. The van der Waals surface area contributed by atoms with E-state index in [9.17, 15) is 9.90 Å². The number of nitrogens with zero attached hydrogens (tertiary/aromatic N) is 2. The standard InChI is InChI=1S/C27H22Cl2N2O3/c1-17-4-3-5-18(14-17)23(27(32)33)16-20-7-13-26(19-6-12-24(28)25(29)15-19)31(30-20)21-8-10-22(34-2)11-9-21/h3-6,8-16H,7H2,1-2H3,(H,32,33)/b23-16+. The van der Waals surface area contributed by atoms with Crippen LogP contribution in [-0.2, 0) is 4.79 Å². The van der Waals surface area contributed by atoms with E-state index in [1.165, 1.54) is 0 Å². The number of rotatable bonds is 6. The van der Waals surface area contributed by atoms with E-state index in [4.69, 9.17) is 33.0 Å². The highest BCUT2D eigenvalue weighted by molar-refractivity contribution is 6.42. The van der Waals surface area contributed by atoms with Crippen LogP contribution in [0.1, 0.15) is 23.1 Å². The quantitative estimate of drug-likeness (QED) is 0.373. The molecule has 7 heteroatoms. The first-order chi connectivity index (χ1) is 16.4. The van der Waals surface area contributed by atoms with Crippen molar-refractivity contribution in [2.24, 2.45) is 5.10 Å². The number of carboxylic acid groups (broad SMARTS) is 1. The highest BCUT2D eigenvalue weighted by Crippen LogP contribution is 2.34. The number of carbonyl (C=O) groups is 1. The third kappa shape index (κ3) is 5.16. The molecule has 0 atom stereocenters. The SMILES string of the molecule is COc1ccc(N2N=C(/C=C(/C(=O)O)c3cccc(C)c3)CC=C2c2ccc(Cl)c(Cl)c2)cc1. The normalized spacial score (nSPS) is 13.9. The molecule has 0 aliphatic carbocycles. The van der Waals surface area contributed by atoms with Crippen molar-refractivity contribution >= 4 is 51.8 Å². The lowest BCUT2D eigenvalue weighted by Gasteiger charge is -2.27. The van der Waals surface area contributed by atoms with Crippen LogP contribution in [0.3, 0.4) is 0 Å². The molecule has 3 aromatic carbocycles. The van der Waals surface area contributed by atoms with Crippen LogP contribution in [0, 0.1) is 6.92 Å². The van der Waals surface area contributed by atoms with Crippen molar-refractivity contribution in [3.05, 3.63) is 106 Å². The van der Waals surface area contributed by atoms with Gasteiger partial charge in [-0.3, -0.25) is 0 Å². The first-order valence-corrected chi connectivity index (χ1v) is 11.3. The van der Waals surface area contributed by atoms with Gasteiger partial charge in [0.1, 0.15) is 5.75 Å². The Kier molecular flexibility index (Phi) is 7.06. The molecule has 0 bridgehead atoms. The van der Waals surface area contributed by atoms with Gasteiger partial charge in [-0.1, -0.05) is 65.2 Å². The van der Waals surface area contributed by atoms with Gasteiger partial charge in [-0.05, 0) is 55.0 Å². The first-order valence-electron chi connectivity index (χ1n) is 10.5. The molecule has 0 spiro atoms. The number of benzene rings is 3. The molecular formula is C27H22Cl2N2O3. The molecule has 1 heterocycles. The summed E-state index contributed by atoms with van der Waals surface area (Å²) < 4.78 is 5.28. The summed E-state index contributed by atoms with van der Waals surface area (Å²) in [4.78, 5) is 12.1. The summed E-state index contributed by atoms with van der Waals surface area (Å²) in [7, 11) is 1.61. The number of hydrazone groups is 1. The van der Waals surface area contributed by atoms with Gasteiger partial charge in [0.05, 0.1) is 39.8 Å². The molecule has 0 saturated carbocycles. The fourth-order valence-corrected chi connectivity index (χ4v) is 3.96. The third-order valence-electron chi connectivity index (χ3n) is 5.36. The van der Waals surface area contributed by atoms with Crippen molar-refractivity contribution in [1.82, 2.24) is 0 Å². The number of hydrogen-bond acceptors (Lipinski definition) is 4. The smallest absolute Gasteiger partial charge is 0.336 e. The minimum absolute atomic E-state index is 0.184. The largest absolute Gasteiger partial charge is 0.497 e. The Bertz CT molecular complexity index is 1330. The maximum absolute atomic E-state index is 12.1. The summed E-state index contributed by atoms with van der Waals surface area (Å²) >= 11 is 12.4. The Balaban J connectivity index is 1.79. The maximum atomic E-state index is 12.1. The lowest BCUT2D eigenvalue weighted by Crippen LogP contribution is -2.21. The lowest BCUT2D eigenvalue weighted by atomic mass is 10.0. The second kappa shape index (κ2) is 10.2. The molecule has 0 unspecified atom stereocenters. The Morgan fingerprint density at radius 3 is 2.47 bits per heavy atom. The average Bonchev–Trinajstić information content (AvgIpc) is 2.84. The first kappa shape index (κ1) is 23.6. The zero-order chi connectivity index (χ0) is 24.2. The topological polar surface area (TPSA) is 62.1 Å². The fourth-order valence-electron chi connectivity index (χ4n) is 3.66. The van der Waals surface area contributed by atoms with Crippen molar-refractivity contribution in [3.8, 4) is 5.75 Å². The number of aryl methyl sites for hydroxylation is 1. The summed E-state index contributed by atoms with van der Waals surface area (Å²) in [6.45, 7) is 1.93. The van der Waals surface area contributed by atoms with Crippen LogP contribution in [0.15, 0.2) is 84.0 Å². The summed E-state index contributed by atoms with van der Waals surface area (Å²) in [5.41, 5.74) is 4.85. The van der Waals surface area contributed by atoms with Gasteiger partial charge < -0.3 is 9.84 Å². The summed E-state index contributed by atoms with van der Waals surface area (Å²) in [5, 5.41) is 17.4. The number of hydrogen-bond donors (Lipinski definition) is 1. The average molecular weight is 493 g/mol. The molecule has 3 aromatic rings. The molecular weight excluding hydrogens is 471 g/mol. The zero-order valence-corrected chi connectivity index (χ0v) is 20.1. The van der Waals surface area contributed by atoms with Crippen molar-refractivity contribution in [3.63, 3.8) is 0 Å². The third-order valence-corrected chi connectivity index (χ3v) is 6.10. The van der Waals surface area contributed by atoms with Gasteiger partial charge in [-0.2, -0.15) is 5.10 Å². The number of carboxylic acids is 1. The lowest BCUT2D eigenvalue weighted by molar-refractivity contribution is -0.130. The van der Waals surface area contributed by atoms with E-state index < -0.39 is 5.97 Å². The second-order valence-corrected chi connectivity index (χ2v) is 8.57. The predicted octanol–water partition coefficient (Wildman–Crippen LogP) is 7.09. The minimum Gasteiger partial charge on any atom is -0.497 e. The summed E-state index contributed by atoms with van der Waals surface area (Å²) in [6, 6.07) is 20.3. The molecule has 1 aliphatic heterocycles. The van der Waals surface area contributed by atoms with Gasteiger partial charge in [0.15, 0.2) is 0 Å². The number of anilines is 1. The van der Waals surface area contributed by atoms with Crippen LogP contribution in [-0.4, -0.2) is 23.9 Å². The van der Waals surface area contributed by atoms with E-state index in [1.54, 1.807) is 36.4 Å². The summed E-state index contributed by atoms with van der Waals surface area (Å²) in [5.74, 6) is -0.291. The van der Waals surface area contributed by atoms with E-state index in [0.717, 1.165) is 28.3 Å². The van der Waals surface area contributed by atoms with Crippen molar-refractivity contribution in [2.45, 2.75) is 13.3 Å². The van der Waals surface area contributed by atoms with E-state index in [-0.39, 0.29) is 5.57 Å². The highest BCUT2D eigenvalue weighted by atomic mass is 35.5. The van der Waals surface area contributed by atoms with E-state index in [2.05, 4.69) is 0 Å². The van der Waals surface area contributed by atoms with Gasteiger partial charge in [0.25, 0.3) is 0 Å². The second-order valence-electron chi connectivity index (χ2n) is 7.76. The van der Waals surface area contributed by atoms with Gasteiger partial charge >= 0.3 is 5.97 Å². The van der Waals surface area contributed by atoms with Crippen molar-refractivity contribution in [2.75, 3.05) is 12.1 Å². The Morgan fingerprint density at radius 2 is 1.82 bits per heavy atom. The van der Waals surface area contributed by atoms with Gasteiger partial charge in [-0.15, -0.1) is 0 Å². The molecule has 5 nitrogen and oxygen atoms in total. The molecule has 0 aromatic heterocycles. The number of methoxy groups -OCH3 is 1. The molecule has 1 aliphatic rings. The molecule has 0 fully saturated rings. The van der Waals surface area contributed by atoms with Crippen LogP contribution in [0.25, 0.3) is 11.3 Å². The fraction of sp³-hybridized carbons (Fsp3) is 0.111. The van der Waals surface area contributed by atoms with Crippen LogP contribution < -0.4 is 9.75 Å².